The molecule has 0 aliphatic carbocycles. The number of morpholine rings is 1. The summed E-state index contributed by atoms with van der Waals surface area (Å²) in [5, 5.41) is 5.48. The molecule has 1 aromatic rings. The molecule has 2 saturated heterocycles. The van der Waals surface area contributed by atoms with Gasteiger partial charge in [0.05, 0.1) is 39.1 Å². The average Bonchev–Trinajstić information content (AvgIpc) is 2.73. The second kappa shape index (κ2) is 10.1. The molecule has 2 N–H and O–H groups in total. The lowest BCUT2D eigenvalue weighted by molar-refractivity contribution is -0.137. The number of amides is 3. The molecule has 2 aliphatic heterocycles. The monoisotopic (exact) mass is 379 g/mol. The topological polar surface area (TPSA) is 98.4 Å². The van der Waals surface area contributed by atoms with E-state index in [1.807, 2.05) is 0 Å². The quantitative estimate of drug-likeness (QED) is 0.745. The van der Waals surface area contributed by atoms with Gasteiger partial charge in [0, 0.05) is 25.3 Å². The van der Waals surface area contributed by atoms with Crippen LogP contribution in [0.5, 0.6) is 5.75 Å². The summed E-state index contributed by atoms with van der Waals surface area (Å²) < 4.78 is 21.5. The van der Waals surface area contributed by atoms with Crippen molar-refractivity contribution in [2.75, 3.05) is 64.6 Å². The van der Waals surface area contributed by atoms with Gasteiger partial charge in [0.15, 0.2) is 6.61 Å². The van der Waals surface area contributed by atoms with Gasteiger partial charge < -0.3 is 34.5 Å². The van der Waals surface area contributed by atoms with Gasteiger partial charge in [-0.05, 0) is 24.3 Å². The molecule has 1 aromatic carbocycles. The summed E-state index contributed by atoms with van der Waals surface area (Å²) in [5.41, 5.74) is 0.625. The van der Waals surface area contributed by atoms with Gasteiger partial charge in [0.1, 0.15) is 5.75 Å². The van der Waals surface area contributed by atoms with E-state index >= 15 is 0 Å². The molecular weight excluding hydrogens is 354 g/mol. The van der Waals surface area contributed by atoms with E-state index in [1.165, 1.54) is 0 Å². The highest BCUT2D eigenvalue weighted by Gasteiger charge is 2.17. The van der Waals surface area contributed by atoms with E-state index in [4.69, 9.17) is 18.9 Å². The number of ether oxygens (including phenoxy) is 4. The standard InChI is InChI=1S/C18H25N3O6/c22-17(21-5-7-24-8-6-21)13-27-15-3-1-14(2-4-15)20-18(23)19-11-16-12-25-9-10-26-16/h1-4,16H,5-13H2,(H2,19,20,23). The first-order valence-corrected chi connectivity index (χ1v) is 9.03. The van der Waals surface area contributed by atoms with Gasteiger partial charge in [-0.15, -0.1) is 0 Å². The number of hydrogen-bond donors (Lipinski definition) is 2. The van der Waals surface area contributed by atoms with Gasteiger partial charge in [-0.25, -0.2) is 4.79 Å². The molecule has 1 unspecified atom stereocenters. The van der Waals surface area contributed by atoms with Gasteiger partial charge >= 0.3 is 6.03 Å². The maximum Gasteiger partial charge on any atom is 0.319 e. The summed E-state index contributed by atoms with van der Waals surface area (Å²) in [6, 6.07) is 6.53. The lowest BCUT2D eigenvalue weighted by Gasteiger charge is -2.26. The number of carbonyl (C=O) groups is 2. The molecule has 9 heteroatoms. The van der Waals surface area contributed by atoms with Crippen molar-refractivity contribution in [1.82, 2.24) is 10.2 Å². The minimum Gasteiger partial charge on any atom is -0.484 e. The Labute approximate surface area is 157 Å². The fourth-order valence-electron chi connectivity index (χ4n) is 2.72. The second-order valence-electron chi connectivity index (χ2n) is 6.21. The first-order chi connectivity index (χ1) is 13.2. The Bertz CT molecular complexity index is 612. The van der Waals surface area contributed by atoms with Crippen LogP contribution < -0.4 is 15.4 Å². The molecule has 0 spiro atoms. The molecule has 0 saturated carbocycles. The van der Waals surface area contributed by atoms with Crippen molar-refractivity contribution < 1.29 is 28.5 Å². The van der Waals surface area contributed by atoms with Crippen LogP contribution in [0.3, 0.4) is 0 Å². The Hall–Kier alpha value is -2.36. The number of nitrogens with one attached hydrogen (secondary N) is 2. The fraction of sp³-hybridized carbons (Fsp3) is 0.556. The van der Waals surface area contributed by atoms with Gasteiger partial charge in [-0.2, -0.15) is 0 Å². The first-order valence-electron chi connectivity index (χ1n) is 9.03. The number of hydrogen-bond acceptors (Lipinski definition) is 6. The number of carbonyl (C=O) groups excluding carboxylic acids is 2. The minimum absolute atomic E-state index is 0.0171. The second-order valence-corrected chi connectivity index (χ2v) is 6.21. The molecule has 2 fully saturated rings. The third-order valence-electron chi connectivity index (χ3n) is 4.21. The molecule has 0 aromatic heterocycles. The van der Waals surface area contributed by atoms with Gasteiger partial charge in [-0.3, -0.25) is 4.79 Å². The molecule has 3 rings (SSSR count). The SMILES string of the molecule is O=C(NCC1COCCO1)Nc1ccc(OCC(=O)N2CCOCC2)cc1. The molecule has 0 radical (unpaired) electrons. The molecule has 3 amide bonds. The van der Waals surface area contributed by atoms with Crippen molar-refractivity contribution in [3.63, 3.8) is 0 Å². The van der Waals surface area contributed by atoms with Crippen molar-refractivity contribution in [3.8, 4) is 5.75 Å². The fourth-order valence-corrected chi connectivity index (χ4v) is 2.72. The smallest absolute Gasteiger partial charge is 0.319 e. The van der Waals surface area contributed by atoms with E-state index in [0.717, 1.165) is 0 Å². The number of rotatable bonds is 6. The van der Waals surface area contributed by atoms with Crippen LogP contribution in [0.15, 0.2) is 24.3 Å². The number of nitrogens with zero attached hydrogens (tertiary/aromatic N) is 1. The van der Waals surface area contributed by atoms with Crippen molar-refractivity contribution in [2.45, 2.75) is 6.10 Å². The van der Waals surface area contributed by atoms with Crippen LogP contribution in [-0.4, -0.2) is 82.2 Å². The normalized spacial score (nSPS) is 20.0. The van der Waals surface area contributed by atoms with E-state index < -0.39 is 0 Å². The molecule has 148 valence electrons. The van der Waals surface area contributed by atoms with Crippen LogP contribution in [0.2, 0.25) is 0 Å². The first kappa shape index (κ1) is 19.4. The Morgan fingerprint density at radius 2 is 1.85 bits per heavy atom. The highest BCUT2D eigenvalue weighted by molar-refractivity contribution is 5.89. The zero-order valence-corrected chi connectivity index (χ0v) is 15.1. The van der Waals surface area contributed by atoms with Crippen molar-refractivity contribution in [3.05, 3.63) is 24.3 Å². The summed E-state index contributed by atoms with van der Waals surface area (Å²) in [7, 11) is 0. The Kier molecular flexibility index (Phi) is 7.26. The number of anilines is 1. The zero-order valence-electron chi connectivity index (χ0n) is 15.1. The van der Waals surface area contributed by atoms with Crippen LogP contribution in [-0.2, 0) is 19.0 Å². The van der Waals surface area contributed by atoms with Crippen LogP contribution in [0.25, 0.3) is 0 Å². The zero-order chi connectivity index (χ0) is 18.9. The van der Waals surface area contributed by atoms with Gasteiger partial charge in [0.25, 0.3) is 5.91 Å². The molecule has 1 atom stereocenters. The largest absolute Gasteiger partial charge is 0.484 e. The molecule has 9 nitrogen and oxygen atoms in total. The van der Waals surface area contributed by atoms with Crippen LogP contribution in [0.1, 0.15) is 0 Å². The van der Waals surface area contributed by atoms with Crippen molar-refractivity contribution in [1.29, 1.82) is 0 Å². The van der Waals surface area contributed by atoms with Gasteiger partial charge in [0.2, 0.25) is 0 Å². The van der Waals surface area contributed by atoms with E-state index in [2.05, 4.69) is 10.6 Å². The maximum atomic E-state index is 12.0. The highest BCUT2D eigenvalue weighted by Crippen LogP contribution is 2.16. The third-order valence-corrected chi connectivity index (χ3v) is 4.21. The summed E-state index contributed by atoms with van der Waals surface area (Å²) >= 11 is 0. The lowest BCUT2D eigenvalue weighted by atomic mass is 10.3. The van der Waals surface area contributed by atoms with Gasteiger partial charge in [-0.1, -0.05) is 0 Å². The third kappa shape index (κ3) is 6.38. The summed E-state index contributed by atoms with van der Waals surface area (Å²) in [5.74, 6) is 0.504. The van der Waals surface area contributed by atoms with Crippen LogP contribution in [0, 0.1) is 0 Å². The molecule has 27 heavy (non-hydrogen) atoms. The predicted octanol–water partition coefficient (Wildman–Crippen LogP) is 0.461. The number of benzene rings is 1. The van der Waals surface area contributed by atoms with Crippen molar-refractivity contribution >= 4 is 17.6 Å². The van der Waals surface area contributed by atoms with E-state index in [1.54, 1.807) is 29.2 Å². The summed E-state index contributed by atoms with van der Waals surface area (Å²) in [6.07, 6.45) is -0.121. The molecule has 0 bridgehead atoms. The predicted molar refractivity (Wildman–Crippen MR) is 96.9 cm³/mol. The summed E-state index contributed by atoms with van der Waals surface area (Å²) in [4.78, 5) is 25.7. The van der Waals surface area contributed by atoms with E-state index in [-0.39, 0.29) is 24.6 Å². The minimum atomic E-state index is -0.319. The molecule has 2 aliphatic rings. The average molecular weight is 379 g/mol. The van der Waals surface area contributed by atoms with Crippen LogP contribution >= 0.6 is 0 Å². The number of urea groups is 1. The Morgan fingerprint density at radius 1 is 1.07 bits per heavy atom. The Balaban J connectivity index is 1.37. The van der Waals surface area contributed by atoms with Crippen LogP contribution in [0.4, 0.5) is 10.5 Å². The lowest BCUT2D eigenvalue weighted by Crippen LogP contribution is -2.42. The maximum absolute atomic E-state index is 12.0. The highest BCUT2D eigenvalue weighted by atomic mass is 16.6. The Morgan fingerprint density at radius 3 is 2.56 bits per heavy atom. The summed E-state index contributed by atoms with van der Waals surface area (Å²) in [6.45, 7) is 4.31. The van der Waals surface area contributed by atoms with E-state index in [9.17, 15) is 9.59 Å². The van der Waals surface area contributed by atoms with E-state index in [0.29, 0.717) is 64.1 Å². The molecule has 2 heterocycles. The molecular formula is C18H25N3O6. The van der Waals surface area contributed by atoms with Crippen molar-refractivity contribution in [2.24, 2.45) is 0 Å².